The molecule has 0 bridgehead atoms. The first kappa shape index (κ1) is 12.3. The molecule has 3 aromatic heterocycles. The highest BCUT2D eigenvalue weighted by Crippen LogP contribution is 2.19. The van der Waals surface area contributed by atoms with E-state index >= 15 is 0 Å². The van der Waals surface area contributed by atoms with Gasteiger partial charge in [-0.25, -0.2) is 9.97 Å². The molecular weight excluding hydrogens is 334 g/mol. The molecule has 0 amide bonds. The number of hydrogen-bond acceptors (Lipinski definition) is 5. The number of hydrogen-bond donors (Lipinski definition) is 2. The number of imidazole rings is 1. The van der Waals surface area contributed by atoms with E-state index in [2.05, 4.69) is 41.2 Å². The quantitative estimate of drug-likeness (QED) is 0.595. The number of aromatic nitrogens is 4. The SMILES string of the molecule is Brc1cnc2nc(CNc3nc4ccccc4o3)[nH]c2c1. The number of nitrogens with one attached hydrogen (secondary N) is 2. The number of benzene rings is 1. The Kier molecular flexibility index (Phi) is 2.85. The van der Waals surface area contributed by atoms with Gasteiger partial charge in [0.05, 0.1) is 12.1 Å². The van der Waals surface area contributed by atoms with E-state index in [0.717, 1.165) is 26.9 Å². The molecule has 21 heavy (non-hydrogen) atoms. The topological polar surface area (TPSA) is 79.6 Å². The number of nitrogens with zero attached hydrogens (tertiary/aromatic N) is 3. The van der Waals surface area contributed by atoms with E-state index in [-0.39, 0.29) is 0 Å². The Morgan fingerprint density at radius 1 is 1.24 bits per heavy atom. The molecule has 0 saturated heterocycles. The van der Waals surface area contributed by atoms with E-state index in [1.54, 1.807) is 6.20 Å². The summed E-state index contributed by atoms with van der Waals surface area (Å²) in [5.41, 5.74) is 3.16. The van der Waals surface area contributed by atoms with Gasteiger partial charge in [-0.1, -0.05) is 12.1 Å². The minimum absolute atomic E-state index is 0.478. The van der Waals surface area contributed by atoms with Gasteiger partial charge in [0.1, 0.15) is 11.3 Å². The summed E-state index contributed by atoms with van der Waals surface area (Å²) < 4.78 is 6.51. The number of halogens is 1. The molecule has 0 aliphatic heterocycles. The molecular formula is C14H10BrN5O. The Morgan fingerprint density at radius 3 is 3.05 bits per heavy atom. The third-order valence-corrected chi connectivity index (χ3v) is 3.49. The summed E-state index contributed by atoms with van der Waals surface area (Å²) in [4.78, 5) is 16.2. The zero-order valence-corrected chi connectivity index (χ0v) is 12.4. The molecule has 6 nitrogen and oxygen atoms in total. The van der Waals surface area contributed by atoms with Crippen LogP contribution in [0.1, 0.15) is 5.82 Å². The van der Waals surface area contributed by atoms with Crippen molar-refractivity contribution in [2.24, 2.45) is 0 Å². The van der Waals surface area contributed by atoms with Crippen LogP contribution >= 0.6 is 15.9 Å². The number of para-hydroxylation sites is 2. The van der Waals surface area contributed by atoms with Gasteiger partial charge in [0, 0.05) is 10.7 Å². The average Bonchev–Trinajstić information content (AvgIpc) is 3.07. The summed E-state index contributed by atoms with van der Waals surface area (Å²) in [6, 6.07) is 10.1. The predicted octanol–water partition coefficient (Wildman–Crippen LogP) is 3.47. The van der Waals surface area contributed by atoms with Crippen molar-refractivity contribution in [1.82, 2.24) is 19.9 Å². The lowest BCUT2D eigenvalue weighted by molar-refractivity contribution is 0.613. The second kappa shape index (κ2) is 4.85. The zero-order valence-electron chi connectivity index (χ0n) is 10.8. The number of H-pyrrole nitrogens is 1. The van der Waals surface area contributed by atoms with E-state index in [0.29, 0.717) is 18.2 Å². The third kappa shape index (κ3) is 2.36. The van der Waals surface area contributed by atoms with Crippen molar-refractivity contribution in [2.45, 2.75) is 6.54 Å². The highest BCUT2D eigenvalue weighted by molar-refractivity contribution is 9.10. The molecule has 2 N–H and O–H groups in total. The number of oxazole rings is 1. The van der Waals surface area contributed by atoms with E-state index in [4.69, 9.17) is 4.42 Å². The van der Waals surface area contributed by atoms with Crippen LogP contribution in [0, 0.1) is 0 Å². The monoisotopic (exact) mass is 343 g/mol. The second-order valence-corrected chi connectivity index (χ2v) is 5.46. The maximum atomic E-state index is 5.60. The summed E-state index contributed by atoms with van der Waals surface area (Å²) in [6.07, 6.45) is 1.72. The number of pyridine rings is 1. The van der Waals surface area contributed by atoms with Gasteiger partial charge in [-0.3, -0.25) is 0 Å². The van der Waals surface area contributed by atoms with Crippen molar-refractivity contribution in [3.05, 3.63) is 46.8 Å². The summed E-state index contributed by atoms with van der Waals surface area (Å²) in [6.45, 7) is 0.487. The molecule has 4 aromatic rings. The van der Waals surface area contributed by atoms with Crippen LogP contribution in [0.5, 0.6) is 0 Å². The van der Waals surface area contributed by atoms with Crippen LogP contribution < -0.4 is 5.32 Å². The van der Waals surface area contributed by atoms with Crippen LogP contribution in [0.3, 0.4) is 0 Å². The fourth-order valence-corrected chi connectivity index (χ4v) is 2.45. The largest absolute Gasteiger partial charge is 0.424 e. The van der Waals surface area contributed by atoms with Gasteiger partial charge < -0.3 is 14.7 Å². The van der Waals surface area contributed by atoms with Crippen LogP contribution in [-0.2, 0) is 6.54 Å². The lowest BCUT2D eigenvalue weighted by Gasteiger charge is -1.96. The van der Waals surface area contributed by atoms with Gasteiger partial charge >= 0.3 is 0 Å². The van der Waals surface area contributed by atoms with Crippen LogP contribution in [0.4, 0.5) is 6.01 Å². The number of rotatable bonds is 3. The van der Waals surface area contributed by atoms with E-state index in [1.165, 1.54) is 0 Å². The molecule has 0 aliphatic rings. The number of anilines is 1. The van der Waals surface area contributed by atoms with E-state index in [1.807, 2.05) is 30.3 Å². The maximum Gasteiger partial charge on any atom is 0.296 e. The molecule has 3 heterocycles. The molecule has 0 unspecified atom stereocenters. The van der Waals surface area contributed by atoms with Crippen molar-refractivity contribution in [1.29, 1.82) is 0 Å². The molecule has 0 fully saturated rings. The Balaban J connectivity index is 1.57. The minimum Gasteiger partial charge on any atom is -0.424 e. The molecule has 0 aliphatic carbocycles. The smallest absolute Gasteiger partial charge is 0.296 e. The minimum atomic E-state index is 0.478. The summed E-state index contributed by atoms with van der Waals surface area (Å²) in [7, 11) is 0. The van der Waals surface area contributed by atoms with Gasteiger partial charge in [-0.2, -0.15) is 4.98 Å². The summed E-state index contributed by atoms with van der Waals surface area (Å²) >= 11 is 3.39. The molecule has 7 heteroatoms. The standard InChI is InChI=1S/C14H10BrN5O/c15-8-5-10-13(16-6-8)20-12(18-10)7-17-14-19-9-3-1-2-4-11(9)21-14/h1-6H,7H2,(H,17,19)(H,16,18,20). The predicted molar refractivity (Wildman–Crippen MR) is 82.9 cm³/mol. The lowest BCUT2D eigenvalue weighted by atomic mass is 10.3. The van der Waals surface area contributed by atoms with Crippen LogP contribution in [0.2, 0.25) is 0 Å². The molecule has 0 saturated carbocycles. The Labute approximate surface area is 127 Å². The van der Waals surface area contributed by atoms with Gasteiger partial charge in [-0.15, -0.1) is 0 Å². The van der Waals surface area contributed by atoms with E-state index < -0.39 is 0 Å². The average molecular weight is 344 g/mol. The Hall–Kier alpha value is -2.41. The fourth-order valence-electron chi connectivity index (χ4n) is 2.12. The van der Waals surface area contributed by atoms with Crippen LogP contribution in [-0.4, -0.2) is 19.9 Å². The Bertz CT molecular complexity index is 896. The van der Waals surface area contributed by atoms with Crippen molar-refractivity contribution in [3.63, 3.8) is 0 Å². The zero-order chi connectivity index (χ0) is 14.2. The third-order valence-electron chi connectivity index (χ3n) is 3.05. The molecule has 0 atom stereocenters. The fraction of sp³-hybridized carbons (Fsp3) is 0.0714. The van der Waals surface area contributed by atoms with Crippen LogP contribution in [0.15, 0.2) is 45.4 Å². The van der Waals surface area contributed by atoms with Gasteiger partial charge in [0.2, 0.25) is 0 Å². The summed E-state index contributed by atoms with van der Waals surface area (Å²) in [5, 5.41) is 3.11. The molecule has 0 radical (unpaired) electrons. The molecule has 4 rings (SSSR count). The molecule has 0 spiro atoms. The van der Waals surface area contributed by atoms with E-state index in [9.17, 15) is 0 Å². The van der Waals surface area contributed by atoms with Crippen molar-refractivity contribution >= 4 is 44.2 Å². The second-order valence-electron chi connectivity index (χ2n) is 4.55. The summed E-state index contributed by atoms with van der Waals surface area (Å²) in [5.74, 6) is 0.776. The van der Waals surface area contributed by atoms with Crippen molar-refractivity contribution < 1.29 is 4.42 Å². The molecule has 104 valence electrons. The maximum absolute atomic E-state index is 5.60. The van der Waals surface area contributed by atoms with Gasteiger partial charge in [0.15, 0.2) is 11.2 Å². The highest BCUT2D eigenvalue weighted by atomic mass is 79.9. The number of fused-ring (bicyclic) bond motifs is 2. The van der Waals surface area contributed by atoms with Gasteiger partial charge in [0.25, 0.3) is 6.01 Å². The first-order valence-electron chi connectivity index (χ1n) is 6.37. The molecule has 1 aromatic carbocycles. The van der Waals surface area contributed by atoms with Crippen molar-refractivity contribution in [2.75, 3.05) is 5.32 Å². The van der Waals surface area contributed by atoms with Crippen LogP contribution in [0.25, 0.3) is 22.3 Å². The highest BCUT2D eigenvalue weighted by Gasteiger charge is 2.07. The number of aromatic amines is 1. The Morgan fingerprint density at radius 2 is 2.14 bits per heavy atom. The first-order valence-corrected chi connectivity index (χ1v) is 7.17. The lowest BCUT2D eigenvalue weighted by Crippen LogP contribution is -2.01. The normalized spacial score (nSPS) is 11.3. The van der Waals surface area contributed by atoms with Crippen molar-refractivity contribution in [3.8, 4) is 0 Å². The first-order chi connectivity index (χ1) is 10.3. The van der Waals surface area contributed by atoms with Gasteiger partial charge in [-0.05, 0) is 34.1 Å².